The van der Waals surface area contributed by atoms with E-state index in [2.05, 4.69) is 5.10 Å². The second-order valence-corrected chi connectivity index (χ2v) is 5.80. The van der Waals surface area contributed by atoms with Crippen molar-refractivity contribution in [2.45, 2.75) is 32.4 Å². The van der Waals surface area contributed by atoms with Crippen molar-refractivity contribution in [3.05, 3.63) is 16.3 Å². The van der Waals surface area contributed by atoms with Crippen molar-refractivity contribution in [1.82, 2.24) is 14.7 Å². The van der Waals surface area contributed by atoms with Crippen LogP contribution in [0.25, 0.3) is 0 Å². The number of nitro groups is 1. The Morgan fingerprint density at radius 1 is 1.48 bits per heavy atom. The van der Waals surface area contributed by atoms with E-state index in [0.717, 1.165) is 0 Å². The van der Waals surface area contributed by atoms with Gasteiger partial charge in [-0.1, -0.05) is 0 Å². The van der Waals surface area contributed by atoms with Crippen LogP contribution in [0.3, 0.4) is 0 Å². The molecule has 0 aliphatic carbocycles. The van der Waals surface area contributed by atoms with Crippen molar-refractivity contribution < 1.29 is 19.2 Å². The Kier molecular flexibility index (Phi) is 3.75. The number of nitrogens with zero attached hydrogens (tertiary/aromatic N) is 4. The number of methoxy groups -OCH3 is 1. The summed E-state index contributed by atoms with van der Waals surface area (Å²) in [6, 6.07) is -0.111. The van der Waals surface area contributed by atoms with Crippen LogP contribution in [0.1, 0.15) is 26.8 Å². The fourth-order valence-electron chi connectivity index (χ4n) is 1.92. The SMILES string of the molecule is COc1nn(C2CN(C(=O)OC(C)(C)C)C2)cc1[N+](=O)[O-]. The Morgan fingerprint density at radius 2 is 2.10 bits per heavy atom. The Balaban J connectivity index is 1.99. The van der Waals surface area contributed by atoms with Crippen LogP contribution in [0.4, 0.5) is 10.5 Å². The molecule has 0 atom stereocenters. The van der Waals surface area contributed by atoms with Gasteiger partial charge in [-0.15, -0.1) is 5.10 Å². The van der Waals surface area contributed by atoms with E-state index in [9.17, 15) is 14.9 Å². The quantitative estimate of drug-likeness (QED) is 0.620. The predicted molar refractivity (Wildman–Crippen MR) is 72.3 cm³/mol. The summed E-state index contributed by atoms with van der Waals surface area (Å²) in [7, 11) is 1.33. The third-order valence-corrected chi connectivity index (χ3v) is 2.96. The summed E-state index contributed by atoms with van der Waals surface area (Å²) in [6.45, 7) is 6.19. The molecule has 1 aliphatic rings. The van der Waals surface area contributed by atoms with Crippen molar-refractivity contribution in [3.63, 3.8) is 0 Å². The minimum Gasteiger partial charge on any atom is -0.475 e. The van der Waals surface area contributed by atoms with Gasteiger partial charge in [-0.05, 0) is 20.8 Å². The summed E-state index contributed by atoms with van der Waals surface area (Å²) < 4.78 is 11.6. The van der Waals surface area contributed by atoms with E-state index in [1.807, 2.05) is 0 Å². The summed E-state index contributed by atoms with van der Waals surface area (Å²) >= 11 is 0. The van der Waals surface area contributed by atoms with E-state index in [-0.39, 0.29) is 17.6 Å². The summed E-state index contributed by atoms with van der Waals surface area (Å²) in [5, 5.41) is 14.9. The van der Waals surface area contributed by atoms with Crippen LogP contribution in [0.15, 0.2) is 6.20 Å². The summed E-state index contributed by atoms with van der Waals surface area (Å²) in [5.74, 6) is -0.0317. The Morgan fingerprint density at radius 3 is 2.52 bits per heavy atom. The average Bonchev–Trinajstić information content (AvgIpc) is 2.68. The zero-order chi connectivity index (χ0) is 15.8. The molecule has 9 nitrogen and oxygen atoms in total. The van der Waals surface area contributed by atoms with Gasteiger partial charge in [0.25, 0.3) is 0 Å². The summed E-state index contributed by atoms with van der Waals surface area (Å²) in [6.07, 6.45) is 0.919. The number of rotatable bonds is 3. The molecular formula is C12H18N4O5. The molecule has 1 aliphatic heterocycles. The maximum atomic E-state index is 11.8. The van der Waals surface area contributed by atoms with Gasteiger partial charge < -0.3 is 14.4 Å². The third kappa shape index (κ3) is 3.23. The highest BCUT2D eigenvalue weighted by molar-refractivity contribution is 5.69. The summed E-state index contributed by atoms with van der Waals surface area (Å²) in [5.41, 5.74) is -0.733. The van der Waals surface area contributed by atoms with E-state index in [1.165, 1.54) is 22.9 Å². The van der Waals surface area contributed by atoms with Crippen LogP contribution in [0.5, 0.6) is 5.88 Å². The van der Waals surface area contributed by atoms with Crippen LogP contribution in [0, 0.1) is 10.1 Å². The largest absolute Gasteiger partial charge is 0.475 e. The molecule has 1 fully saturated rings. The minimum absolute atomic E-state index is 0.0317. The van der Waals surface area contributed by atoms with E-state index < -0.39 is 16.6 Å². The Labute approximate surface area is 121 Å². The molecular weight excluding hydrogens is 280 g/mol. The standard InChI is InChI=1S/C12H18N4O5/c1-12(2,3)21-11(17)14-5-8(6-14)15-7-9(16(18)19)10(13-15)20-4/h7-8H,5-6H2,1-4H3. The van der Waals surface area contributed by atoms with Crippen molar-refractivity contribution in [1.29, 1.82) is 0 Å². The number of aromatic nitrogens is 2. The number of amides is 1. The lowest BCUT2D eigenvalue weighted by molar-refractivity contribution is -0.385. The van der Waals surface area contributed by atoms with E-state index in [0.29, 0.717) is 13.1 Å². The highest BCUT2D eigenvalue weighted by atomic mass is 16.6. The van der Waals surface area contributed by atoms with Crippen LogP contribution >= 0.6 is 0 Å². The number of ether oxygens (including phenoxy) is 2. The topological polar surface area (TPSA) is 99.7 Å². The third-order valence-electron chi connectivity index (χ3n) is 2.96. The maximum absolute atomic E-state index is 11.8. The highest BCUT2D eigenvalue weighted by Crippen LogP contribution is 2.29. The summed E-state index contributed by atoms with van der Waals surface area (Å²) in [4.78, 5) is 23.6. The molecule has 0 spiro atoms. The molecule has 1 saturated heterocycles. The fraction of sp³-hybridized carbons (Fsp3) is 0.667. The molecule has 0 aromatic carbocycles. The first-order valence-corrected chi connectivity index (χ1v) is 6.46. The Hall–Kier alpha value is -2.32. The van der Waals surface area contributed by atoms with Crippen LogP contribution < -0.4 is 4.74 Å². The molecule has 0 radical (unpaired) electrons. The van der Waals surface area contributed by atoms with Gasteiger partial charge in [-0.3, -0.25) is 14.8 Å². The molecule has 0 unspecified atom stereocenters. The molecule has 2 heterocycles. The minimum atomic E-state index is -0.549. The first kappa shape index (κ1) is 15.1. The maximum Gasteiger partial charge on any atom is 0.410 e. The lowest BCUT2D eigenvalue weighted by Crippen LogP contribution is -2.52. The van der Waals surface area contributed by atoms with Crippen molar-refractivity contribution in [2.24, 2.45) is 0 Å². The smallest absolute Gasteiger partial charge is 0.410 e. The monoisotopic (exact) mass is 298 g/mol. The van der Waals surface area contributed by atoms with Gasteiger partial charge in [0.2, 0.25) is 0 Å². The molecule has 21 heavy (non-hydrogen) atoms. The zero-order valence-electron chi connectivity index (χ0n) is 12.4. The second kappa shape index (κ2) is 5.23. The van der Waals surface area contributed by atoms with Gasteiger partial charge in [0.1, 0.15) is 11.8 Å². The van der Waals surface area contributed by atoms with Crippen molar-refractivity contribution in [3.8, 4) is 5.88 Å². The molecule has 0 N–H and O–H groups in total. The molecule has 2 rings (SSSR count). The number of likely N-dealkylation sites (tertiary alicyclic amines) is 1. The van der Waals surface area contributed by atoms with Gasteiger partial charge in [0.15, 0.2) is 0 Å². The molecule has 9 heteroatoms. The van der Waals surface area contributed by atoms with Crippen LogP contribution in [-0.4, -0.2) is 51.5 Å². The number of carbonyl (C=O) groups is 1. The van der Waals surface area contributed by atoms with Crippen LogP contribution in [-0.2, 0) is 4.74 Å². The molecule has 116 valence electrons. The van der Waals surface area contributed by atoms with Gasteiger partial charge in [0.05, 0.1) is 18.1 Å². The van der Waals surface area contributed by atoms with Gasteiger partial charge in [0, 0.05) is 13.1 Å². The van der Waals surface area contributed by atoms with E-state index in [1.54, 1.807) is 20.8 Å². The highest BCUT2D eigenvalue weighted by Gasteiger charge is 2.36. The predicted octanol–water partition coefficient (Wildman–Crippen LogP) is 1.59. The molecule has 1 aromatic heterocycles. The van der Waals surface area contributed by atoms with Gasteiger partial charge in [-0.25, -0.2) is 4.79 Å². The molecule has 0 bridgehead atoms. The van der Waals surface area contributed by atoms with Crippen LogP contribution in [0.2, 0.25) is 0 Å². The Bertz CT molecular complexity index is 556. The van der Waals surface area contributed by atoms with Crippen molar-refractivity contribution >= 4 is 11.8 Å². The zero-order valence-corrected chi connectivity index (χ0v) is 12.4. The second-order valence-electron chi connectivity index (χ2n) is 5.80. The molecule has 1 amide bonds. The number of hydrogen-bond acceptors (Lipinski definition) is 6. The van der Waals surface area contributed by atoms with Gasteiger partial charge >= 0.3 is 17.7 Å². The first-order chi connectivity index (χ1) is 9.71. The van der Waals surface area contributed by atoms with Gasteiger partial charge in [-0.2, -0.15) is 0 Å². The first-order valence-electron chi connectivity index (χ1n) is 6.46. The molecule has 0 saturated carbocycles. The van der Waals surface area contributed by atoms with Crippen molar-refractivity contribution in [2.75, 3.05) is 20.2 Å². The van der Waals surface area contributed by atoms with E-state index >= 15 is 0 Å². The molecule has 1 aromatic rings. The lowest BCUT2D eigenvalue weighted by Gasteiger charge is -2.39. The fourth-order valence-corrected chi connectivity index (χ4v) is 1.92. The normalized spacial score (nSPS) is 15.5. The number of carbonyl (C=O) groups excluding carboxylic acids is 1. The lowest BCUT2D eigenvalue weighted by atomic mass is 10.1. The number of hydrogen-bond donors (Lipinski definition) is 0. The average molecular weight is 298 g/mol. The van der Waals surface area contributed by atoms with E-state index in [4.69, 9.17) is 9.47 Å².